The number of hydrogen-bond donors (Lipinski definition) is 2. The Kier molecular flexibility index (Phi) is 3.81. The fraction of sp³-hybridized carbons (Fsp3) is 0.583. The maximum absolute atomic E-state index is 10.2. The van der Waals surface area contributed by atoms with Gasteiger partial charge in [0.2, 0.25) is 0 Å². The van der Waals surface area contributed by atoms with Gasteiger partial charge in [0.05, 0.1) is 11.3 Å². The fourth-order valence-corrected chi connectivity index (χ4v) is 2.57. The normalized spacial score (nSPS) is 15.2. The van der Waals surface area contributed by atoms with E-state index in [2.05, 4.69) is 17.2 Å². The van der Waals surface area contributed by atoms with E-state index in [0.29, 0.717) is 13.0 Å². The van der Waals surface area contributed by atoms with E-state index in [4.69, 9.17) is 0 Å². The first-order chi connectivity index (χ1) is 8.11. The lowest BCUT2D eigenvalue weighted by Crippen LogP contribution is -2.40. The number of nitrogens with one attached hydrogen (secondary N) is 1. The predicted octanol–water partition coefficient (Wildman–Crippen LogP) is 1.69. The van der Waals surface area contributed by atoms with E-state index in [9.17, 15) is 5.11 Å². The lowest BCUT2D eigenvalue weighted by Gasteiger charge is -2.22. The summed E-state index contributed by atoms with van der Waals surface area (Å²) in [4.78, 5) is 5.46. The van der Waals surface area contributed by atoms with Gasteiger partial charge in [-0.1, -0.05) is 6.92 Å². The van der Waals surface area contributed by atoms with Crippen molar-refractivity contribution in [3.63, 3.8) is 0 Å². The van der Waals surface area contributed by atoms with E-state index in [1.54, 1.807) is 11.3 Å². The van der Waals surface area contributed by atoms with Crippen molar-refractivity contribution in [2.45, 2.75) is 32.3 Å². The number of rotatable bonds is 6. The second kappa shape index (κ2) is 5.16. The smallest absolute Gasteiger partial charge is 0.193 e. The van der Waals surface area contributed by atoms with Gasteiger partial charge in [-0.15, -0.1) is 11.3 Å². The Labute approximate surface area is 105 Å². The van der Waals surface area contributed by atoms with E-state index in [0.717, 1.165) is 23.6 Å². The Morgan fingerprint density at radius 2 is 2.41 bits per heavy atom. The SMILES string of the molecule is CCCNCC(C)(O)Cc1cn2ccsc2n1. The van der Waals surface area contributed by atoms with Crippen LogP contribution in [0.15, 0.2) is 17.8 Å². The monoisotopic (exact) mass is 253 g/mol. The minimum absolute atomic E-state index is 0.581. The highest BCUT2D eigenvalue weighted by Gasteiger charge is 2.22. The summed E-state index contributed by atoms with van der Waals surface area (Å²) in [7, 11) is 0. The Morgan fingerprint density at radius 3 is 3.12 bits per heavy atom. The van der Waals surface area contributed by atoms with Crippen LogP contribution in [0.4, 0.5) is 0 Å². The highest BCUT2D eigenvalue weighted by Crippen LogP contribution is 2.16. The quantitative estimate of drug-likeness (QED) is 0.770. The lowest BCUT2D eigenvalue weighted by atomic mass is 10.0. The van der Waals surface area contributed by atoms with E-state index < -0.39 is 5.60 Å². The molecule has 2 aromatic heterocycles. The summed E-state index contributed by atoms with van der Waals surface area (Å²) in [5.74, 6) is 0. The van der Waals surface area contributed by atoms with Crippen LogP contribution in [0, 0.1) is 0 Å². The van der Waals surface area contributed by atoms with Crippen molar-refractivity contribution in [2.75, 3.05) is 13.1 Å². The van der Waals surface area contributed by atoms with Crippen molar-refractivity contribution in [3.8, 4) is 0 Å². The molecule has 4 nitrogen and oxygen atoms in total. The summed E-state index contributed by atoms with van der Waals surface area (Å²) in [6.45, 7) is 5.51. The predicted molar refractivity (Wildman–Crippen MR) is 70.6 cm³/mol. The zero-order valence-corrected chi connectivity index (χ0v) is 11.1. The molecule has 0 aromatic carbocycles. The first kappa shape index (κ1) is 12.5. The molecule has 0 spiro atoms. The molecule has 94 valence electrons. The first-order valence-electron chi connectivity index (χ1n) is 5.95. The van der Waals surface area contributed by atoms with Crippen LogP contribution in [0.3, 0.4) is 0 Å². The van der Waals surface area contributed by atoms with Crippen molar-refractivity contribution in [3.05, 3.63) is 23.5 Å². The molecule has 0 amide bonds. The van der Waals surface area contributed by atoms with Gasteiger partial charge in [0.1, 0.15) is 0 Å². The van der Waals surface area contributed by atoms with Gasteiger partial charge in [0.25, 0.3) is 0 Å². The molecule has 0 aliphatic heterocycles. The van der Waals surface area contributed by atoms with Gasteiger partial charge in [-0.2, -0.15) is 0 Å². The minimum Gasteiger partial charge on any atom is -0.388 e. The molecule has 17 heavy (non-hydrogen) atoms. The minimum atomic E-state index is -0.737. The summed E-state index contributed by atoms with van der Waals surface area (Å²) in [6.07, 6.45) is 5.63. The van der Waals surface area contributed by atoms with E-state index in [-0.39, 0.29) is 0 Å². The third-order valence-electron chi connectivity index (χ3n) is 2.64. The molecule has 1 unspecified atom stereocenters. The lowest BCUT2D eigenvalue weighted by molar-refractivity contribution is 0.0595. The number of hydrogen-bond acceptors (Lipinski definition) is 4. The van der Waals surface area contributed by atoms with Crippen molar-refractivity contribution >= 4 is 16.3 Å². The number of nitrogens with zero attached hydrogens (tertiary/aromatic N) is 2. The summed E-state index contributed by atoms with van der Waals surface area (Å²) >= 11 is 1.61. The molecule has 5 heteroatoms. The molecule has 0 saturated heterocycles. The average molecular weight is 253 g/mol. The first-order valence-corrected chi connectivity index (χ1v) is 6.83. The van der Waals surface area contributed by atoms with Gasteiger partial charge in [0, 0.05) is 30.7 Å². The molecular weight excluding hydrogens is 234 g/mol. The molecule has 1 atom stereocenters. The third-order valence-corrected chi connectivity index (χ3v) is 3.41. The number of aliphatic hydroxyl groups is 1. The van der Waals surface area contributed by atoms with E-state index in [1.165, 1.54) is 0 Å². The van der Waals surface area contributed by atoms with Crippen LogP contribution < -0.4 is 5.32 Å². The van der Waals surface area contributed by atoms with Crippen molar-refractivity contribution < 1.29 is 5.11 Å². The standard InChI is InChI=1S/C12H19N3OS/c1-3-4-13-9-12(2,16)7-10-8-15-5-6-17-11(15)14-10/h5-6,8,13,16H,3-4,7,9H2,1-2H3. The van der Waals surface area contributed by atoms with Crippen LogP contribution in [-0.4, -0.2) is 33.2 Å². The molecule has 0 aliphatic carbocycles. The third kappa shape index (κ3) is 3.28. The van der Waals surface area contributed by atoms with Crippen LogP contribution in [0.5, 0.6) is 0 Å². The topological polar surface area (TPSA) is 49.6 Å². The van der Waals surface area contributed by atoms with E-state index >= 15 is 0 Å². The zero-order valence-electron chi connectivity index (χ0n) is 10.3. The maximum atomic E-state index is 10.2. The molecule has 0 radical (unpaired) electrons. The summed E-state index contributed by atoms with van der Waals surface area (Å²) in [5.41, 5.74) is 0.208. The molecule has 0 bridgehead atoms. The zero-order chi connectivity index (χ0) is 12.3. The van der Waals surface area contributed by atoms with Gasteiger partial charge in [-0.25, -0.2) is 4.98 Å². The Balaban J connectivity index is 1.97. The van der Waals surface area contributed by atoms with Gasteiger partial charge in [-0.05, 0) is 19.9 Å². The Hall–Kier alpha value is -0.910. The molecular formula is C12H19N3OS. The van der Waals surface area contributed by atoms with E-state index in [1.807, 2.05) is 29.1 Å². The Bertz CT molecular complexity index is 446. The van der Waals surface area contributed by atoms with Gasteiger partial charge >= 0.3 is 0 Å². The largest absolute Gasteiger partial charge is 0.388 e. The highest BCUT2D eigenvalue weighted by molar-refractivity contribution is 7.15. The highest BCUT2D eigenvalue weighted by atomic mass is 32.1. The summed E-state index contributed by atoms with van der Waals surface area (Å²) < 4.78 is 2.00. The molecule has 2 aromatic rings. The van der Waals surface area contributed by atoms with Crippen molar-refractivity contribution in [1.29, 1.82) is 0 Å². The van der Waals surface area contributed by atoms with Gasteiger partial charge in [0.15, 0.2) is 4.96 Å². The van der Waals surface area contributed by atoms with Crippen molar-refractivity contribution in [2.24, 2.45) is 0 Å². The number of fused-ring (bicyclic) bond motifs is 1. The summed E-state index contributed by atoms with van der Waals surface area (Å²) in [6, 6.07) is 0. The average Bonchev–Trinajstić information content (AvgIpc) is 2.77. The molecule has 0 aliphatic rings. The second-order valence-electron chi connectivity index (χ2n) is 4.68. The molecule has 2 heterocycles. The maximum Gasteiger partial charge on any atom is 0.193 e. The van der Waals surface area contributed by atoms with Crippen LogP contribution in [0.1, 0.15) is 26.0 Å². The number of aromatic nitrogens is 2. The molecule has 2 rings (SSSR count). The van der Waals surface area contributed by atoms with Crippen LogP contribution in [0.25, 0.3) is 4.96 Å². The van der Waals surface area contributed by atoms with Gasteiger partial charge < -0.3 is 10.4 Å². The second-order valence-corrected chi connectivity index (χ2v) is 5.55. The molecule has 0 fully saturated rings. The molecule has 2 N–H and O–H groups in total. The molecule has 0 saturated carbocycles. The van der Waals surface area contributed by atoms with Crippen LogP contribution >= 0.6 is 11.3 Å². The Morgan fingerprint density at radius 1 is 1.59 bits per heavy atom. The van der Waals surface area contributed by atoms with Gasteiger partial charge in [-0.3, -0.25) is 4.40 Å². The summed E-state index contributed by atoms with van der Waals surface area (Å²) in [5, 5.41) is 15.5. The van der Waals surface area contributed by atoms with Crippen LogP contribution in [-0.2, 0) is 6.42 Å². The van der Waals surface area contributed by atoms with Crippen molar-refractivity contribution in [1.82, 2.24) is 14.7 Å². The van der Waals surface area contributed by atoms with Crippen LogP contribution in [0.2, 0.25) is 0 Å². The fourth-order valence-electron chi connectivity index (χ4n) is 1.85. The number of thiazole rings is 1. The number of imidazole rings is 1.